The average Bonchev–Trinajstić information content (AvgIpc) is 3.45. The maximum atomic E-state index is 13.8. The summed E-state index contributed by atoms with van der Waals surface area (Å²) < 4.78 is 21.5. The van der Waals surface area contributed by atoms with Gasteiger partial charge in [-0.25, -0.2) is 9.18 Å². The second kappa shape index (κ2) is 8.25. The number of carbonyl (C=O) groups is 1. The van der Waals surface area contributed by atoms with Gasteiger partial charge in [0.15, 0.2) is 5.69 Å². The van der Waals surface area contributed by atoms with Crippen LogP contribution in [0.2, 0.25) is 0 Å². The van der Waals surface area contributed by atoms with E-state index in [9.17, 15) is 19.4 Å². The van der Waals surface area contributed by atoms with Crippen LogP contribution in [-0.2, 0) is 4.74 Å². The van der Waals surface area contributed by atoms with Gasteiger partial charge in [-0.15, -0.1) is 0 Å². The predicted octanol–water partition coefficient (Wildman–Crippen LogP) is 5.61. The SMILES string of the molecule is O=C(O)c1n[nH]c2cc(-c3c(C4CCOCC4)n(-c4ccc(F)cc4)c4cccc(O)c34)ccc12. The van der Waals surface area contributed by atoms with Gasteiger partial charge < -0.3 is 19.5 Å². The molecule has 8 heteroatoms. The predicted molar refractivity (Wildman–Crippen MR) is 130 cm³/mol. The Balaban J connectivity index is 1.69. The molecule has 0 atom stereocenters. The number of hydrogen-bond acceptors (Lipinski definition) is 4. The van der Waals surface area contributed by atoms with Crippen LogP contribution in [0.15, 0.2) is 60.7 Å². The number of rotatable bonds is 4. The Bertz CT molecular complexity index is 1580. The molecule has 0 aliphatic carbocycles. The van der Waals surface area contributed by atoms with Crippen molar-refractivity contribution < 1.29 is 24.1 Å². The standard InChI is InChI=1S/C27H22FN3O4/c28-17-5-7-18(8-6-17)31-21-2-1-3-22(32)24(21)23(26(31)15-10-12-35-13-11-15)16-4-9-19-20(14-16)29-30-25(19)27(33)34/h1-9,14-15,32H,10-13H2,(H,29,30)(H,33,34). The summed E-state index contributed by atoms with van der Waals surface area (Å²) in [6.07, 6.45) is 1.61. The zero-order chi connectivity index (χ0) is 24.1. The molecule has 1 fully saturated rings. The number of carboxylic acids is 1. The van der Waals surface area contributed by atoms with Crippen molar-refractivity contribution in [1.29, 1.82) is 0 Å². The fourth-order valence-electron chi connectivity index (χ4n) is 5.20. The zero-order valence-corrected chi connectivity index (χ0v) is 18.7. The number of H-pyrrole nitrogens is 1. The summed E-state index contributed by atoms with van der Waals surface area (Å²) >= 11 is 0. The van der Waals surface area contributed by atoms with Gasteiger partial charge >= 0.3 is 5.97 Å². The summed E-state index contributed by atoms with van der Waals surface area (Å²) in [5, 5.41) is 28.5. The van der Waals surface area contributed by atoms with Crippen molar-refractivity contribution in [2.45, 2.75) is 18.8 Å². The number of carboxylic acid groups (broad SMARTS) is 1. The van der Waals surface area contributed by atoms with E-state index in [0.717, 1.165) is 40.9 Å². The molecule has 7 nitrogen and oxygen atoms in total. The highest BCUT2D eigenvalue weighted by Gasteiger charge is 2.29. The highest BCUT2D eigenvalue weighted by atomic mass is 19.1. The van der Waals surface area contributed by atoms with E-state index in [1.807, 2.05) is 18.2 Å². The maximum absolute atomic E-state index is 13.8. The quantitative estimate of drug-likeness (QED) is 0.316. The minimum absolute atomic E-state index is 0.0345. The number of benzene rings is 3. The van der Waals surface area contributed by atoms with E-state index in [0.29, 0.717) is 29.5 Å². The molecule has 3 heterocycles. The van der Waals surface area contributed by atoms with E-state index in [1.165, 1.54) is 12.1 Å². The largest absolute Gasteiger partial charge is 0.507 e. The molecule has 1 saturated heterocycles. The van der Waals surface area contributed by atoms with Crippen LogP contribution in [0.25, 0.3) is 38.6 Å². The molecular weight excluding hydrogens is 449 g/mol. The van der Waals surface area contributed by atoms with Gasteiger partial charge in [0.05, 0.1) is 11.0 Å². The number of halogens is 1. The number of aromatic hydroxyl groups is 1. The van der Waals surface area contributed by atoms with E-state index in [2.05, 4.69) is 14.8 Å². The van der Waals surface area contributed by atoms with Crippen molar-refractivity contribution in [1.82, 2.24) is 14.8 Å². The lowest BCUT2D eigenvalue weighted by atomic mass is 9.89. The molecule has 0 saturated carbocycles. The van der Waals surface area contributed by atoms with E-state index in [4.69, 9.17) is 4.74 Å². The van der Waals surface area contributed by atoms with Crippen LogP contribution >= 0.6 is 0 Å². The van der Waals surface area contributed by atoms with Crippen LogP contribution < -0.4 is 0 Å². The molecule has 1 aliphatic heterocycles. The Kier molecular flexibility index (Phi) is 5.04. The minimum atomic E-state index is -1.10. The molecule has 3 aromatic carbocycles. The first-order valence-electron chi connectivity index (χ1n) is 11.4. The lowest BCUT2D eigenvalue weighted by molar-refractivity contribution is 0.0692. The van der Waals surface area contributed by atoms with Crippen molar-refractivity contribution in [2.75, 3.05) is 13.2 Å². The molecule has 176 valence electrons. The molecule has 0 radical (unpaired) electrons. The zero-order valence-electron chi connectivity index (χ0n) is 18.7. The first-order valence-corrected chi connectivity index (χ1v) is 11.4. The summed E-state index contributed by atoms with van der Waals surface area (Å²) in [6.45, 7) is 1.26. The fraction of sp³-hybridized carbons (Fsp3) is 0.185. The van der Waals surface area contributed by atoms with Gasteiger partial charge in [-0.05, 0) is 66.9 Å². The Morgan fingerprint density at radius 1 is 1.09 bits per heavy atom. The molecule has 0 bridgehead atoms. The van der Waals surface area contributed by atoms with Crippen molar-refractivity contribution in [2.24, 2.45) is 0 Å². The number of aromatic carboxylic acids is 1. The van der Waals surface area contributed by atoms with Crippen molar-refractivity contribution in [3.05, 3.63) is 77.9 Å². The Labute approximate surface area is 199 Å². The van der Waals surface area contributed by atoms with Gasteiger partial charge in [0, 0.05) is 46.8 Å². The van der Waals surface area contributed by atoms with Gasteiger partial charge in [-0.1, -0.05) is 12.1 Å². The Morgan fingerprint density at radius 3 is 2.60 bits per heavy atom. The summed E-state index contributed by atoms with van der Waals surface area (Å²) in [7, 11) is 0. The van der Waals surface area contributed by atoms with E-state index < -0.39 is 5.97 Å². The Morgan fingerprint density at radius 2 is 1.86 bits per heavy atom. The van der Waals surface area contributed by atoms with Gasteiger partial charge in [-0.3, -0.25) is 5.10 Å². The minimum Gasteiger partial charge on any atom is -0.507 e. The molecule has 35 heavy (non-hydrogen) atoms. The van der Waals surface area contributed by atoms with Crippen LogP contribution in [0.5, 0.6) is 5.75 Å². The topological polar surface area (TPSA) is 100 Å². The molecule has 0 spiro atoms. The van der Waals surface area contributed by atoms with E-state index in [1.54, 1.807) is 30.3 Å². The number of nitrogens with zero attached hydrogens (tertiary/aromatic N) is 2. The first kappa shape index (κ1) is 21.4. The van der Waals surface area contributed by atoms with Crippen LogP contribution in [0.4, 0.5) is 4.39 Å². The number of fused-ring (bicyclic) bond motifs is 2. The van der Waals surface area contributed by atoms with Crippen LogP contribution in [0, 0.1) is 5.82 Å². The third-order valence-corrected chi connectivity index (χ3v) is 6.76. The van der Waals surface area contributed by atoms with Crippen molar-refractivity contribution in [3.63, 3.8) is 0 Å². The average molecular weight is 471 g/mol. The van der Waals surface area contributed by atoms with Gasteiger partial charge in [0.25, 0.3) is 0 Å². The number of aromatic amines is 1. The summed E-state index contributed by atoms with van der Waals surface area (Å²) in [6, 6.07) is 17.2. The van der Waals surface area contributed by atoms with Crippen LogP contribution in [-0.4, -0.2) is 44.2 Å². The number of phenolic OH excluding ortho intramolecular Hbond substituents is 1. The summed E-state index contributed by atoms with van der Waals surface area (Å²) in [5.41, 5.74) is 4.86. The second-order valence-electron chi connectivity index (χ2n) is 8.77. The highest BCUT2D eigenvalue weighted by Crippen LogP contribution is 2.46. The normalized spacial score (nSPS) is 14.7. The molecule has 6 rings (SSSR count). The lowest BCUT2D eigenvalue weighted by Crippen LogP contribution is -2.17. The fourth-order valence-corrected chi connectivity index (χ4v) is 5.20. The van der Waals surface area contributed by atoms with E-state index >= 15 is 0 Å². The first-order chi connectivity index (χ1) is 17.0. The van der Waals surface area contributed by atoms with Crippen molar-refractivity contribution >= 4 is 27.8 Å². The summed E-state index contributed by atoms with van der Waals surface area (Å²) in [4.78, 5) is 11.5. The molecule has 0 unspecified atom stereocenters. The van der Waals surface area contributed by atoms with E-state index in [-0.39, 0.29) is 23.2 Å². The number of hydrogen-bond donors (Lipinski definition) is 3. The maximum Gasteiger partial charge on any atom is 0.357 e. The molecule has 0 amide bonds. The number of ether oxygens (including phenoxy) is 1. The third-order valence-electron chi connectivity index (χ3n) is 6.76. The lowest BCUT2D eigenvalue weighted by Gasteiger charge is -2.26. The highest BCUT2D eigenvalue weighted by molar-refractivity contribution is 6.06. The Hall–Kier alpha value is -4.17. The third kappa shape index (κ3) is 3.45. The van der Waals surface area contributed by atoms with Crippen LogP contribution in [0.3, 0.4) is 0 Å². The molecule has 1 aliphatic rings. The molecule has 2 aromatic heterocycles. The molecule has 5 aromatic rings. The van der Waals surface area contributed by atoms with Gasteiger partial charge in [0.2, 0.25) is 0 Å². The van der Waals surface area contributed by atoms with Crippen LogP contribution in [0.1, 0.15) is 34.9 Å². The molecule has 3 N–H and O–H groups in total. The van der Waals surface area contributed by atoms with Gasteiger partial charge in [0.1, 0.15) is 11.6 Å². The van der Waals surface area contributed by atoms with Gasteiger partial charge in [-0.2, -0.15) is 5.10 Å². The number of aromatic nitrogens is 3. The number of nitrogens with one attached hydrogen (secondary N) is 1. The molecular formula is C27H22FN3O4. The summed E-state index contributed by atoms with van der Waals surface area (Å²) in [5.74, 6) is -1.14. The smallest absolute Gasteiger partial charge is 0.357 e. The number of phenols is 1. The monoisotopic (exact) mass is 471 g/mol. The van der Waals surface area contributed by atoms with Crippen molar-refractivity contribution in [3.8, 4) is 22.6 Å². The second-order valence-corrected chi connectivity index (χ2v) is 8.77.